The minimum Gasteiger partial charge on any atom is -0.384 e. The fourth-order valence-electron chi connectivity index (χ4n) is 1.74. The minimum atomic E-state index is -0.877. The summed E-state index contributed by atoms with van der Waals surface area (Å²) in [5.74, 6) is 0.232. The van der Waals surface area contributed by atoms with Gasteiger partial charge in [-0.15, -0.1) is 0 Å². The van der Waals surface area contributed by atoms with Gasteiger partial charge in [0.1, 0.15) is 6.10 Å². The molecule has 0 aromatic heterocycles. The van der Waals surface area contributed by atoms with E-state index in [0.29, 0.717) is 12.5 Å². The smallest absolute Gasteiger partial charge is 0.251 e. The molecule has 1 heterocycles. The second-order valence-electron chi connectivity index (χ2n) is 3.89. The molecule has 2 atom stereocenters. The van der Waals surface area contributed by atoms with Crippen molar-refractivity contribution in [2.45, 2.75) is 26.9 Å². The summed E-state index contributed by atoms with van der Waals surface area (Å²) < 4.78 is 0. The maximum Gasteiger partial charge on any atom is 0.251 e. The SMILES string of the molecule is CC1=CC(C)CN(C(=O)[C@@H](C)O)C1. The highest BCUT2D eigenvalue weighted by molar-refractivity contribution is 5.80. The van der Waals surface area contributed by atoms with E-state index in [1.807, 2.05) is 6.92 Å². The molecular weight excluding hydrogens is 166 g/mol. The fraction of sp³-hybridized carbons (Fsp3) is 0.700. The van der Waals surface area contributed by atoms with Crippen LogP contribution in [0.2, 0.25) is 0 Å². The predicted octanol–water partition coefficient (Wildman–Crippen LogP) is 0.792. The van der Waals surface area contributed by atoms with Gasteiger partial charge in [-0.1, -0.05) is 18.6 Å². The van der Waals surface area contributed by atoms with Gasteiger partial charge in [0.2, 0.25) is 0 Å². The van der Waals surface area contributed by atoms with Crippen molar-refractivity contribution in [3.05, 3.63) is 11.6 Å². The molecule has 74 valence electrons. The van der Waals surface area contributed by atoms with E-state index in [4.69, 9.17) is 5.11 Å². The van der Waals surface area contributed by atoms with E-state index in [1.165, 1.54) is 12.5 Å². The first-order valence-electron chi connectivity index (χ1n) is 4.65. The van der Waals surface area contributed by atoms with E-state index in [1.54, 1.807) is 4.90 Å². The molecule has 0 aromatic carbocycles. The normalized spacial score (nSPS) is 25.4. The van der Waals surface area contributed by atoms with E-state index in [2.05, 4.69) is 13.0 Å². The van der Waals surface area contributed by atoms with E-state index < -0.39 is 6.10 Å². The van der Waals surface area contributed by atoms with Gasteiger partial charge in [-0.2, -0.15) is 0 Å². The van der Waals surface area contributed by atoms with Gasteiger partial charge in [0.15, 0.2) is 0 Å². The van der Waals surface area contributed by atoms with Gasteiger partial charge < -0.3 is 10.0 Å². The van der Waals surface area contributed by atoms with Crippen molar-refractivity contribution in [1.82, 2.24) is 4.90 Å². The van der Waals surface area contributed by atoms with Crippen LogP contribution in [0.4, 0.5) is 0 Å². The standard InChI is InChI=1S/C10H17NO2/c1-7-4-8(2)6-11(5-7)10(13)9(3)12/h4,7,9,12H,5-6H2,1-3H3/t7?,9-/m1/s1. The van der Waals surface area contributed by atoms with Crippen molar-refractivity contribution >= 4 is 5.91 Å². The highest BCUT2D eigenvalue weighted by Gasteiger charge is 2.22. The topological polar surface area (TPSA) is 40.5 Å². The maximum atomic E-state index is 11.4. The summed E-state index contributed by atoms with van der Waals surface area (Å²) in [5, 5.41) is 9.13. The molecule has 3 heteroatoms. The predicted molar refractivity (Wildman–Crippen MR) is 51.2 cm³/mol. The first-order valence-corrected chi connectivity index (χ1v) is 4.65. The van der Waals surface area contributed by atoms with Crippen LogP contribution in [0.3, 0.4) is 0 Å². The van der Waals surface area contributed by atoms with Crippen LogP contribution in [0.5, 0.6) is 0 Å². The van der Waals surface area contributed by atoms with E-state index in [9.17, 15) is 4.79 Å². The Bertz CT molecular complexity index is 233. The fourth-order valence-corrected chi connectivity index (χ4v) is 1.74. The van der Waals surface area contributed by atoms with Crippen LogP contribution in [0.25, 0.3) is 0 Å². The van der Waals surface area contributed by atoms with Crippen LogP contribution < -0.4 is 0 Å². The van der Waals surface area contributed by atoms with Crippen LogP contribution in [0, 0.1) is 5.92 Å². The number of hydrogen-bond donors (Lipinski definition) is 1. The summed E-state index contributed by atoms with van der Waals surface area (Å²) in [7, 11) is 0. The van der Waals surface area contributed by atoms with Crippen LogP contribution in [-0.4, -0.2) is 35.1 Å². The van der Waals surface area contributed by atoms with Gasteiger partial charge >= 0.3 is 0 Å². The van der Waals surface area contributed by atoms with Crippen molar-refractivity contribution in [3.63, 3.8) is 0 Å². The van der Waals surface area contributed by atoms with E-state index in [0.717, 1.165) is 6.54 Å². The molecule has 1 N–H and O–H groups in total. The summed E-state index contributed by atoms with van der Waals surface area (Å²) in [6.07, 6.45) is 1.30. The quantitative estimate of drug-likeness (QED) is 0.611. The third-order valence-corrected chi connectivity index (χ3v) is 2.19. The number of aliphatic hydroxyl groups is 1. The molecule has 0 saturated heterocycles. The first kappa shape index (κ1) is 10.3. The second-order valence-corrected chi connectivity index (χ2v) is 3.89. The van der Waals surface area contributed by atoms with Gasteiger partial charge in [0.05, 0.1) is 0 Å². The van der Waals surface area contributed by atoms with Crippen LogP contribution in [0.1, 0.15) is 20.8 Å². The van der Waals surface area contributed by atoms with Crippen molar-refractivity contribution in [2.75, 3.05) is 13.1 Å². The molecule has 3 nitrogen and oxygen atoms in total. The zero-order chi connectivity index (χ0) is 10.0. The van der Waals surface area contributed by atoms with Crippen molar-refractivity contribution in [2.24, 2.45) is 5.92 Å². The van der Waals surface area contributed by atoms with Gasteiger partial charge in [-0.25, -0.2) is 0 Å². The molecule has 1 amide bonds. The van der Waals surface area contributed by atoms with Crippen molar-refractivity contribution in [1.29, 1.82) is 0 Å². The highest BCUT2D eigenvalue weighted by Crippen LogP contribution is 2.14. The largest absolute Gasteiger partial charge is 0.384 e. The zero-order valence-corrected chi connectivity index (χ0v) is 8.45. The lowest BCUT2D eigenvalue weighted by atomic mass is 10.0. The lowest BCUT2D eigenvalue weighted by Gasteiger charge is -2.30. The van der Waals surface area contributed by atoms with Crippen molar-refractivity contribution < 1.29 is 9.90 Å². The third-order valence-electron chi connectivity index (χ3n) is 2.19. The van der Waals surface area contributed by atoms with Gasteiger partial charge in [-0.3, -0.25) is 4.79 Å². The molecule has 1 aliphatic rings. The van der Waals surface area contributed by atoms with Gasteiger partial charge in [-0.05, 0) is 19.8 Å². The summed E-state index contributed by atoms with van der Waals surface area (Å²) in [6.45, 7) is 6.98. The lowest BCUT2D eigenvalue weighted by Crippen LogP contribution is -2.43. The number of amides is 1. The zero-order valence-electron chi connectivity index (χ0n) is 8.45. The number of hydrogen-bond acceptors (Lipinski definition) is 2. The molecule has 0 bridgehead atoms. The van der Waals surface area contributed by atoms with Crippen LogP contribution >= 0.6 is 0 Å². The molecule has 0 aromatic rings. The number of nitrogens with zero attached hydrogens (tertiary/aromatic N) is 1. The number of carbonyl (C=O) groups is 1. The Morgan fingerprint density at radius 2 is 2.38 bits per heavy atom. The minimum absolute atomic E-state index is 0.167. The van der Waals surface area contributed by atoms with Crippen LogP contribution in [-0.2, 0) is 4.79 Å². The molecular formula is C10H17NO2. The average molecular weight is 183 g/mol. The third kappa shape index (κ3) is 2.56. The molecule has 0 radical (unpaired) electrons. The molecule has 0 fully saturated rings. The summed E-state index contributed by atoms with van der Waals surface area (Å²) in [4.78, 5) is 13.2. The van der Waals surface area contributed by atoms with Gasteiger partial charge in [0, 0.05) is 13.1 Å². The Kier molecular flexibility index (Phi) is 3.09. The Labute approximate surface area is 79.0 Å². The van der Waals surface area contributed by atoms with Crippen molar-refractivity contribution in [3.8, 4) is 0 Å². The summed E-state index contributed by atoms with van der Waals surface area (Å²) in [6, 6.07) is 0. The average Bonchev–Trinajstić information content (AvgIpc) is 2.01. The molecule has 1 aliphatic heterocycles. The first-order chi connectivity index (χ1) is 6.00. The molecule has 13 heavy (non-hydrogen) atoms. The lowest BCUT2D eigenvalue weighted by molar-refractivity contribution is -0.139. The molecule has 0 spiro atoms. The molecule has 0 saturated carbocycles. The maximum absolute atomic E-state index is 11.4. The Hall–Kier alpha value is -0.830. The second kappa shape index (κ2) is 3.92. The highest BCUT2D eigenvalue weighted by atomic mass is 16.3. The number of aliphatic hydroxyl groups excluding tert-OH is 1. The molecule has 0 aliphatic carbocycles. The van der Waals surface area contributed by atoms with Crippen LogP contribution in [0.15, 0.2) is 11.6 Å². The van der Waals surface area contributed by atoms with E-state index in [-0.39, 0.29) is 5.91 Å². The Morgan fingerprint density at radius 3 is 2.85 bits per heavy atom. The summed E-state index contributed by atoms with van der Waals surface area (Å²) in [5.41, 5.74) is 1.20. The van der Waals surface area contributed by atoms with Gasteiger partial charge in [0.25, 0.3) is 5.91 Å². The Morgan fingerprint density at radius 1 is 1.77 bits per heavy atom. The number of rotatable bonds is 1. The van der Waals surface area contributed by atoms with E-state index >= 15 is 0 Å². The summed E-state index contributed by atoms with van der Waals surface area (Å²) >= 11 is 0. The molecule has 1 rings (SSSR count). The monoisotopic (exact) mass is 183 g/mol. The number of carbonyl (C=O) groups excluding carboxylic acids is 1. The molecule has 1 unspecified atom stereocenters. The Balaban J connectivity index is 2.65.